The van der Waals surface area contributed by atoms with Crippen LogP contribution in [0.25, 0.3) is 6.08 Å². The number of hydrogen-bond donors (Lipinski definition) is 1. The molecular formula is C18H17NO3. The number of benzene rings is 2. The molecule has 2 aromatic rings. The van der Waals surface area contributed by atoms with E-state index in [2.05, 4.69) is 5.32 Å². The summed E-state index contributed by atoms with van der Waals surface area (Å²) in [5.74, 6) is 0.538. The highest BCUT2D eigenvalue weighted by Crippen LogP contribution is 2.13. The number of carbonyl (C=O) groups excluding carboxylic acids is 2. The Morgan fingerprint density at radius 1 is 1.00 bits per heavy atom. The van der Waals surface area contributed by atoms with Gasteiger partial charge in [-0.15, -0.1) is 0 Å². The number of methoxy groups -OCH3 is 1. The van der Waals surface area contributed by atoms with Gasteiger partial charge in [-0.1, -0.05) is 12.1 Å². The Morgan fingerprint density at radius 3 is 2.18 bits per heavy atom. The first kappa shape index (κ1) is 15.5. The number of hydrogen-bond acceptors (Lipinski definition) is 3. The average molecular weight is 295 g/mol. The van der Waals surface area contributed by atoms with Crippen LogP contribution in [0.4, 0.5) is 5.69 Å². The molecule has 0 aliphatic rings. The monoisotopic (exact) mass is 295 g/mol. The summed E-state index contributed by atoms with van der Waals surface area (Å²) >= 11 is 0. The first-order valence-corrected chi connectivity index (χ1v) is 6.82. The molecule has 0 saturated heterocycles. The van der Waals surface area contributed by atoms with Crippen LogP contribution in [-0.2, 0) is 4.79 Å². The average Bonchev–Trinajstić information content (AvgIpc) is 2.54. The molecule has 0 radical (unpaired) electrons. The Bertz CT molecular complexity index is 685. The van der Waals surface area contributed by atoms with E-state index in [9.17, 15) is 9.59 Å². The summed E-state index contributed by atoms with van der Waals surface area (Å²) in [4.78, 5) is 23.0. The first-order chi connectivity index (χ1) is 10.6. The van der Waals surface area contributed by atoms with Crippen molar-refractivity contribution in [3.05, 3.63) is 65.7 Å². The van der Waals surface area contributed by atoms with Gasteiger partial charge in [0.1, 0.15) is 5.75 Å². The van der Waals surface area contributed by atoms with Crippen LogP contribution >= 0.6 is 0 Å². The van der Waals surface area contributed by atoms with Crippen molar-refractivity contribution in [3.8, 4) is 5.75 Å². The molecule has 2 aromatic carbocycles. The maximum absolute atomic E-state index is 11.8. The molecule has 0 aliphatic carbocycles. The quantitative estimate of drug-likeness (QED) is 0.678. The van der Waals surface area contributed by atoms with Crippen LogP contribution in [0, 0.1) is 0 Å². The van der Waals surface area contributed by atoms with Gasteiger partial charge in [-0.3, -0.25) is 9.59 Å². The predicted molar refractivity (Wildman–Crippen MR) is 87.1 cm³/mol. The molecule has 0 aromatic heterocycles. The molecule has 0 atom stereocenters. The van der Waals surface area contributed by atoms with Crippen molar-refractivity contribution in [3.63, 3.8) is 0 Å². The van der Waals surface area contributed by atoms with Crippen LogP contribution in [0.5, 0.6) is 5.75 Å². The Kier molecular flexibility index (Phi) is 5.09. The third-order valence-corrected chi connectivity index (χ3v) is 3.10. The highest BCUT2D eigenvalue weighted by Gasteiger charge is 2.01. The number of amides is 1. The largest absolute Gasteiger partial charge is 0.497 e. The minimum atomic E-state index is -0.230. The van der Waals surface area contributed by atoms with Crippen molar-refractivity contribution in [1.29, 1.82) is 0 Å². The lowest BCUT2D eigenvalue weighted by atomic mass is 10.1. The summed E-state index contributed by atoms with van der Waals surface area (Å²) in [6.45, 7) is 1.51. The lowest BCUT2D eigenvalue weighted by Gasteiger charge is -2.03. The van der Waals surface area contributed by atoms with Gasteiger partial charge in [0.2, 0.25) is 5.91 Å². The summed E-state index contributed by atoms with van der Waals surface area (Å²) in [6, 6.07) is 14.2. The van der Waals surface area contributed by atoms with Crippen molar-refractivity contribution < 1.29 is 14.3 Å². The molecule has 4 heteroatoms. The Balaban J connectivity index is 1.96. The second-order valence-electron chi connectivity index (χ2n) is 4.73. The zero-order valence-electron chi connectivity index (χ0n) is 12.5. The second-order valence-corrected chi connectivity index (χ2v) is 4.73. The molecule has 0 bridgehead atoms. The number of rotatable bonds is 5. The summed E-state index contributed by atoms with van der Waals surface area (Å²) in [7, 11) is 1.61. The second kappa shape index (κ2) is 7.22. The number of anilines is 1. The maximum Gasteiger partial charge on any atom is 0.248 e. The van der Waals surface area contributed by atoms with Crippen LogP contribution in [-0.4, -0.2) is 18.8 Å². The van der Waals surface area contributed by atoms with E-state index in [1.807, 2.05) is 24.3 Å². The van der Waals surface area contributed by atoms with E-state index in [0.29, 0.717) is 11.3 Å². The fourth-order valence-corrected chi connectivity index (χ4v) is 1.86. The van der Waals surface area contributed by atoms with E-state index in [4.69, 9.17) is 4.74 Å². The predicted octanol–water partition coefficient (Wildman–Crippen LogP) is 3.55. The molecule has 0 spiro atoms. The van der Waals surface area contributed by atoms with Crippen LogP contribution < -0.4 is 10.1 Å². The van der Waals surface area contributed by atoms with Gasteiger partial charge in [0.05, 0.1) is 7.11 Å². The van der Waals surface area contributed by atoms with Gasteiger partial charge >= 0.3 is 0 Å². The molecule has 4 nitrogen and oxygen atoms in total. The number of carbonyl (C=O) groups is 2. The van der Waals surface area contributed by atoms with Crippen molar-refractivity contribution >= 4 is 23.5 Å². The third-order valence-electron chi connectivity index (χ3n) is 3.10. The van der Waals surface area contributed by atoms with Crippen LogP contribution in [0.2, 0.25) is 0 Å². The molecule has 0 saturated carbocycles. The first-order valence-electron chi connectivity index (χ1n) is 6.82. The summed E-state index contributed by atoms with van der Waals surface area (Å²) in [5, 5.41) is 2.74. The van der Waals surface area contributed by atoms with E-state index in [0.717, 1.165) is 11.3 Å². The van der Waals surface area contributed by atoms with E-state index < -0.39 is 0 Å². The van der Waals surface area contributed by atoms with Gasteiger partial charge in [0.25, 0.3) is 0 Å². The summed E-state index contributed by atoms with van der Waals surface area (Å²) in [5.41, 5.74) is 2.17. The van der Waals surface area contributed by atoms with Gasteiger partial charge in [0, 0.05) is 17.3 Å². The molecule has 112 valence electrons. The molecule has 0 heterocycles. The Morgan fingerprint density at radius 2 is 1.64 bits per heavy atom. The van der Waals surface area contributed by atoms with E-state index in [1.54, 1.807) is 37.5 Å². The zero-order chi connectivity index (χ0) is 15.9. The number of ketones is 1. The number of ether oxygens (including phenoxy) is 1. The van der Waals surface area contributed by atoms with Crippen LogP contribution in [0.3, 0.4) is 0 Å². The molecule has 0 fully saturated rings. The highest BCUT2D eigenvalue weighted by molar-refractivity contribution is 6.02. The number of Topliss-reactive ketones (excluding diaryl/α,β-unsaturated/α-hetero) is 1. The topological polar surface area (TPSA) is 55.4 Å². The Labute approximate surface area is 129 Å². The van der Waals surface area contributed by atoms with Gasteiger partial charge in [-0.05, 0) is 55.0 Å². The maximum atomic E-state index is 11.8. The molecule has 1 N–H and O–H groups in total. The van der Waals surface area contributed by atoms with Gasteiger partial charge < -0.3 is 10.1 Å². The fraction of sp³-hybridized carbons (Fsp3) is 0.111. The van der Waals surface area contributed by atoms with Crippen molar-refractivity contribution in [1.82, 2.24) is 0 Å². The van der Waals surface area contributed by atoms with Crippen LogP contribution in [0.1, 0.15) is 22.8 Å². The van der Waals surface area contributed by atoms with Crippen molar-refractivity contribution in [2.24, 2.45) is 0 Å². The fourth-order valence-electron chi connectivity index (χ4n) is 1.86. The van der Waals surface area contributed by atoms with Crippen LogP contribution in [0.15, 0.2) is 54.6 Å². The van der Waals surface area contributed by atoms with Gasteiger partial charge in [-0.2, -0.15) is 0 Å². The van der Waals surface area contributed by atoms with E-state index >= 15 is 0 Å². The van der Waals surface area contributed by atoms with E-state index in [-0.39, 0.29) is 11.7 Å². The lowest BCUT2D eigenvalue weighted by Crippen LogP contribution is -2.07. The normalized spacial score (nSPS) is 10.5. The smallest absolute Gasteiger partial charge is 0.248 e. The highest BCUT2D eigenvalue weighted by atomic mass is 16.5. The molecule has 2 rings (SSSR count). The standard InChI is InChI=1S/C18H17NO3/c1-13(20)15-6-8-16(9-7-15)19-18(21)12-5-14-3-10-17(22-2)11-4-14/h3-12H,1-2H3,(H,19,21)/b12-5+. The molecule has 22 heavy (non-hydrogen) atoms. The third kappa shape index (κ3) is 4.31. The lowest BCUT2D eigenvalue weighted by molar-refractivity contribution is -0.111. The summed E-state index contributed by atoms with van der Waals surface area (Å²) < 4.78 is 5.07. The van der Waals surface area contributed by atoms with Gasteiger partial charge in [-0.25, -0.2) is 0 Å². The SMILES string of the molecule is COc1ccc(/C=C/C(=O)Nc2ccc(C(C)=O)cc2)cc1. The molecule has 0 unspecified atom stereocenters. The molecular weight excluding hydrogens is 278 g/mol. The summed E-state index contributed by atoms with van der Waals surface area (Å²) in [6.07, 6.45) is 3.18. The van der Waals surface area contributed by atoms with Crippen molar-refractivity contribution in [2.75, 3.05) is 12.4 Å². The molecule has 1 amide bonds. The van der Waals surface area contributed by atoms with E-state index in [1.165, 1.54) is 13.0 Å². The Hall–Kier alpha value is -2.88. The number of nitrogens with one attached hydrogen (secondary N) is 1. The molecule has 0 aliphatic heterocycles. The minimum absolute atomic E-state index is 0.00252. The van der Waals surface area contributed by atoms with Gasteiger partial charge in [0.15, 0.2) is 5.78 Å². The zero-order valence-corrected chi connectivity index (χ0v) is 12.5. The minimum Gasteiger partial charge on any atom is -0.497 e. The van der Waals surface area contributed by atoms with Crippen molar-refractivity contribution in [2.45, 2.75) is 6.92 Å².